The SMILES string of the molecule is CCC(CC)C(=O)OC[C@H](C(=O)OC1C[C@@H]2[C@@H]3O[C@@H]3[C@@H](C1)[N+]2(C)C)c1ccccc1. The van der Waals surface area contributed by atoms with E-state index in [1.54, 1.807) is 0 Å². The third-order valence-corrected chi connectivity index (χ3v) is 7.52. The molecule has 6 heteroatoms. The van der Waals surface area contributed by atoms with E-state index in [2.05, 4.69) is 14.1 Å². The zero-order valence-electron chi connectivity index (χ0n) is 18.5. The number of piperidine rings is 1. The average molecular weight is 417 g/mol. The molecular weight excluding hydrogens is 382 g/mol. The van der Waals surface area contributed by atoms with E-state index in [1.807, 2.05) is 44.2 Å². The van der Waals surface area contributed by atoms with Gasteiger partial charge in [0, 0.05) is 12.8 Å². The topological polar surface area (TPSA) is 65.1 Å². The van der Waals surface area contributed by atoms with Crippen LogP contribution in [0.15, 0.2) is 30.3 Å². The lowest BCUT2D eigenvalue weighted by Gasteiger charge is -2.45. The molecule has 1 aromatic carbocycles. The Morgan fingerprint density at radius 1 is 1.03 bits per heavy atom. The smallest absolute Gasteiger partial charge is 0.317 e. The molecule has 0 amide bonds. The van der Waals surface area contributed by atoms with Gasteiger partial charge in [-0.15, -0.1) is 0 Å². The number of morpholine rings is 1. The van der Waals surface area contributed by atoms with Crippen molar-refractivity contribution < 1.29 is 28.3 Å². The molecule has 0 N–H and O–H groups in total. The lowest BCUT2D eigenvalue weighted by molar-refractivity contribution is -0.938. The summed E-state index contributed by atoms with van der Waals surface area (Å²) in [6.45, 7) is 3.97. The molecule has 1 aromatic rings. The average Bonchev–Trinajstić information content (AvgIpc) is 3.48. The summed E-state index contributed by atoms with van der Waals surface area (Å²) in [6, 6.07) is 10.2. The zero-order valence-corrected chi connectivity index (χ0v) is 18.5. The molecule has 3 aliphatic rings. The van der Waals surface area contributed by atoms with E-state index >= 15 is 0 Å². The first kappa shape index (κ1) is 21.3. The van der Waals surface area contributed by atoms with Gasteiger partial charge in [0.15, 0.2) is 0 Å². The molecule has 0 saturated carbocycles. The summed E-state index contributed by atoms with van der Waals surface area (Å²) < 4.78 is 18.3. The van der Waals surface area contributed by atoms with E-state index in [1.165, 1.54) is 0 Å². The number of epoxide rings is 1. The second-order valence-corrected chi connectivity index (χ2v) is 9.47. The molecule has 30 heavy (non-hydrogen) atoms. The van der Waals surface area contributed by atoms with Crippen LogP contribution in [0.2, 0.25) is 0 Å². The highest BCUT2D eigenvalue weighted by Gasteiger charge is 2.70. The van der Waals surface area contributed by atoms with Gasteiger partial charge in [-0.1, -0.05) is 44.2 Å². The van der Waals surface area contributed by atoms with E-state index in [-0.39, 0.29) is 30.6 Å². The summed E-state index contributed by atoms with van der Waals surface area (Å²) in [4.78, 5) is 25.5. The summed E-state index contributed by atoms with van der Waals surface area (Å²) >= 11 is 0. The van der Waals surface area contributed by atoms with Crippen molar-refractivity contribution in [3.8, 4) is 0 Å². The summed E-state index contributed by atoms with van der Waals surface area (Å²) in [5.41, 5.74) is 0.820. The van der Waals surface area contributed by atoms with Gasteiger partial charge >= 0.3 is 11.9 Å². The number of likely N-dealkylation sites (N-methyl/N-ethyl adjacent to an activating group) is 1. The first-order valence-electron chi connectivity index (χ1n) is 11.3. The Morgan fingerprint density at radius 3 is 2.20 bits per heavy atom. The highest BCUT2D eigenvalue weighted by molar-refractivity contribution is 5.79. The number of carbonyl (C=O) groups excluding carboxylic acids is 2. The van der Waals surface area contributed by atoms with Gasteiger partial charge in [-0.3, -0.25) is 9.59 Å². The molecular formula is C24H34NO5+. The maximum absolute atomic E-state index is 13.2. The van der Waals surface area contributed by atoms with Crippen LogP contribution in [0.5, 0.6) is 0 Å². The molecule has 0 aromatic heterocycles. The Kier molecular flexibility index (Phi) is 5.90. The predicted octanol–water partition coefficient (Wildman–Crippen LogP) is 3.05. The lowest BCUT2D eigenvalue weighted by Crippen LogP contribution is -2.60. The maximum atomic E-state index is 13.2. The van der Waals surface area contributed by atoms with E-state index in [0.717, 1.165) is 35.7 Å². The monoisotopic (exact) mass is 416 g/mol. The van der Waals surface area contributed by atoms with Crippen LogP contribution in [0, 0.1) is 5.92 Å². The molecule has 0 radical (unpaired) electrons. The van der Waals surface area contributed by atoms with Crippen LogP contribution in [0.1, 0.15) is 51.0 Å². The highest BCUT2D eigenvalue weighted by atomic mass is 16.6. The number of nitrogens with zero attached hydrogens (tertiary/aromatic N) is 1. The number of rotatable bonds is 8. The molecule has 3 fully saturated rings. The Labute approximate surface area is 179 Å². The van der Waals surface area contributed by atoms with Gasteiger partial charge in [0.25, 0.3) is 0 Å². The van der Waals surface area contributed by atoms with Gasteiger partial charge in [0.2, 0.25) is 0 Å². The Balaban J connectivity index is 1.42. The highest BCUT2D eigenvalue weighted by Crippen LogP contribution is 2.51. The van der Waals surface area contributed by atoms with Crippen LogP contribution >= 0.6 is 0 Å². The van der Waals surface area contributed by atoms with Crippen LogP contribution in [-0.4, -0.2) is 67.5 Å². The molecule has 1 unspecified atom stereocenters. The van der Waals surface area contributed by atoms with Crippen LogP contribution in [0.3, 0.4) is 0 Å². The van der Waals surface area contributed by atoms with Crippen molar-refractivity contribution in [1.82, 2.24) is 0 Å². The number of hydrogen-bond donors (Lipinski definition) is 0. The zero-order chi connectivity index (χ0) is 21.5. The van der Waals surface area contributed by atoms with Crippen LogP contribution in [0.4, 0.5) is 0 Å². The molecule has 0 spiro atoms. The first-order valence-corrected chi connectivity index (χ1v) is 11.3. The first-order chi connectivity index (χ1) is 14.4. The Bertz CT molecular complexity index is 755. The van der Waals surface area contributed by atoms with Gasteiger partial charge in [-0.05, 0) is 18.4 Å². The van der Waals surface area contributed by atoms with E-state index < -0.39 is 5.92 Å². The minimum Gasteiger partial charge on any atom is -0.464 e. The second kappa shape index (κ2) is 8.31. The molecule has 6 atom stereocenters. The molecule has 164 valence electrons. The van der Waals surface area contributed by atoms with Gasteiger partial charge in [0.05, 0.1) is 20.0 Å². The molecule has 3 heterocycles. The predicted molar refractivity (Wildman–Crippen MR) is 112 cm³/mol. The third kappa shape index (κ3) is 3.87. The van der Waals surface area contributed by atoms with Crippen molar-refractivity contribution in [3.05, 3.63) is 35.9 Å². The summed E-state index contributed by atoms with van der Waals surface area (Å²) in [7, 11) is 4.51. The number of esters is 2. The Morgan fingerprint density at radius 2 is 1.63 bits per heavy atom. The van der Waals surface area contributed by atoms with E-state index in [0.29, 0.717) is 24.3 Å². The van der Waals surface area contributed by atoms with Crippen LogP contribution < -0.4 is 0 Å². The van der Waals surface area contributed by atoms with Crippen molar-refractivity contribution in [2.75, 3.05) is 20.7 Å². The minimum absolute atomic E-state index is 0.0215. The van der Waals surface area contributed by atoms with Crippen molar-refractivity contribution in [2.45, 2.75) is 75.8 Å². The number of fused-ring (bicyclic) bond motifs is 5. The molecule has 2 bridgehead atoms. The third-order valence-electron chi connectivity index (χ3n) is 7.52. The van der Waals surface area contributed by atoms with Crippen LogP contribution in [0.25, 0.3) is 0 Å². The second-order valence-electron chi connectivity index (χ2n) is 9.47. The number of benzene rings is 1. The van der Waals surface area contributed by atoms with Crippen molar-refractivity contribution in [2.24, 2.45) is 5.92 Å². The summed E-state index contributed by atoms with van der Waals surface area (Å²) in [6.07, 6.45) is 3.66. The standard InChI is InChI=1S/C24H34NO5/c1-5-15(6-2)23(26)28-14-18(16-10-8-7-9-11-16)24(27)29-17-12-19-21-22(30-21)20(13-17)25(19,3)4/h7-11,15,17-22H,5-6,12-14H2,1-4H3/q+1/t17?,18-,19+,20+,21-,22+/m0/s1. The number of ether oxygens (including phenoxy) is 3. The summed E-state index contributed by atoms with van der Waals surface area (Å²) in [5, 5.41) is 0. The molecule has 3 aliphatic heterocycles. The van der Waals surface area contributed by atoms with Crippen LogP contribution in [-0.2, 0) is 23.8 Å². The fourth-order valence-corrected chi connectivity index (χ4v) is 5.44. The fraction of sp³-hybridized carbons (Fsp3) is 0.667. The molecule has 0 aliphatic carbocycles. The van der Waals surface area contributed by atoms with E-state index in [9.17, 15) is 9.59 Å². The van der Waals surface area contributed by atoms with Crippen molar-refractivity contribution in [3.63, 3.8) is 0 Å². The van der Waals surface area contributed by atoms with Gasteiger partial charge in [-0.25, -0.2) is 0 Å². The molecule has 3 saturated heterocycles. The van der Waals surface area contributed by atoms with Gasteiger partial charge in [0.1, 0.15) is 42.9 Å². The van der Waals surface area contributed by atoms with Crippen molar-refractivity contribution >= 4 is 11.9 Å². The lowest BCUT2D eigenvalue weighted by atomic mass is 9.95. The number of carbonyl (C=O) groups is 2. The summed E-state index contributed by atoms with van der Waals surface area (Å²) in [5.74, 6) is -1.26. The fourth-order valence-electron chi connectivity index (χ4n) is 5.44. The van der Waals surface area contributed by atoms with Gasteiger partial charge in [-0.2, -0.15) is 0 Å². The normalized spacial score (nSPS) is 31.7. The molecule has 4 rings (SSSR count). The Hall–Kier alpha value is -1.92. The molecule has 6 nitrogen and oxygen atoms in total. The van der Waals surface area contributed by atoms with Gasteiger partial charge < -0.3 is 18.7 Å². The van der Waals surface area contributed by atoms with Crippen molar-refractivity contribution in [1.29, 1.82) is 0 Å². The maximum Gasteiger partial charge on any atom is 0.317 e. The minimum atomic E-state index is -0.600. The number of hydrogen-bond acceptors (Lipinski definition) is 5. The quantitative estimate of drug-likeness (QED) is 0.370. The van der Waals surface area contributed by atoms with E-state index in [4.69, 9.17) is 14.2 Å². The largest absolute Gasteiger partial charge is 0.464 e. The number of quaternary nitrogens is 1.